The van der Waals surface area contributed by atoms with Crippen molar-refractivity contribution >= 4 is 5.78 Å². The zero-order valence-corrected chi connectivity index (χ0v) is 13.0. The Labute approximate surface area is 121 Å². The van der Waals surface area contributed by atoms with Crippen molar-refractivity contribution in [2.75, 3.05) is 20.2 Å². The van der Waals surface area contributed by atoms with Crippen LogP contribution in [-0.2, 0) is 6.54 Å². The summed E-state index contributed by atoms with van der Waals surface area (Å²) in [6.45, 7) is 8.50. The number of carbonyl (C=O) groups is 1. The van der Waals surface area contributed by atoms with Crippen LogP contribution in [0.25, 0.3) is 0 Å². The van der Waals surface area contributed by atoms with E-state index >= 15 is 0 Å². The van der Waals surface area contributed by atoms with E-state index in [0.29, 0.717) is 6.61 Å². The van der Waals surface area contributed by atoms with Gasteiger partial charge in [0.2, 0.25) is 0 Å². The van der Waals surface area contributed by atoms with Crippen LogP contribution >= 0.6 is 0 Å². The lowest BCUT2D eigenvalue weighted by atomic mass is 10.1. The fraction of sp³-hybridized carbons (Fsp3) is 0.588. The number of carbonyl (C=O) groups excluding carboxylic acids is 1. The zero-order chi connectivity index (χ0) is 14.7. The zero-order valence-electron chi connectivity index (χ0n) is 13.0. The van der Waals surface area contributed by atoms with Gasteiger partial charge in [0, 0.05) is 24.2 Å². The molecular weight excluding hydrogens is 250 g/mol. The van der Waals surface area contributed by atoms with Crippen LogP contribution in [0.4, 0.5) is 0 Å². The maximum atomic E-state index is 11.5. The fourth-order valence-corrected chi connectivity index (χ4v) is 2.63. The van der Waals surface area contributed by atoms with Crippen LogP contribution in [0.5, 0.6) is 5.75 Å². The molecule has 3 nitrogen and oxygen atoms in total. The van der Waals surface area contributed by atoms with Crippen molar-refractivity contribution in [1.82, 2.24) is 4.90 Å². The number of nitrogens with zero attached hydrogens (tertiary/aromatic N) is 1. The molecule has 1 aromatic carbocycles. The smallest absolute Gasteiger partial charge is 0.159 e. The van der Waals surface area contributed by atoms with Gasteiger partial charge in [0.25, 0.3) is 0 Å². The van der Waals surface area contributed by atoms with E-state index in [0.717, 1.165) is 41.8 Å². The second-order valence-electron chi connectivity index (χ2n) is 5.98. The van der Waals surface area contributed by atoms with Gasteiger partial charge in [-0.05, 0) is 57.4 Å². The van der Waals surface area contributed by atoms with Crippen LogP contribution < -0.4 is 4.74 Å². The molecular formula is C17H25NO2. The van der Waals surface area contributed by atoms with Crippen LogP contribution in [0.15, 0.2) is 18.2 Å². The maximum Gasteiger partial charge on any atom is 0.159 e. The Hall–Kier alpha value is -1.35. The third-order valence-electron chi connectivity index (χ3n) is 4.03. The molecule has 0 spiro atoms. The molecule has 0 heterocycles. The molecule has 1 aromatic rings. The monoisotopic (exact) mass is 275 g/mol. The molecule has 0 N–H and O–H groups in total. The molecule has 0 saturated heterocycles. The standard InChI is InChI=1S/C17H25NO2/c1-5-20-17-7-6-14(13(3)19)9-16(17)11-18(4)10-15-8-12(15)2/h6-7,9,12,15H,5,8,10-11H2,1-4H3. The Morgan fingerprint density at radius 1 is 1.45 bits per heavy atom. The van der Waals surface area contributed by atoms with E-state index in [4.69, 9.17) is 4.74 Å². The van der Waals surface area contributed by atoms with E-state index in [1.54, 1.807) is 6.92 Å². The molecule has 1 aliphatic carbocycles. The third kappa shape index (κ3) is 3.83. The molecule has 2 rings (SSSR count). The Morgan fingerprint density at radius 3 is 2.70 bits per heavy atom. The van der Waals surface area contributed by atoms with Gasteiger partial charge in [-0.25, -0.2) is 0 Å². The van der Waals surface area contributed by atoms with Gasteiger partial charge in [-0.3, -0.25) is 4.79 Å². The normalized spacial score (nSPS) is 21.1. The predicted molar refractivity (Wildman–Crippen MR) is 81.2 cm³/mol. The minimum atomic E-state index is 0.104. The predicted octanol–water partition coefficient (Wildman–Crippen LogP) is 3.38. The van der Waals surface area contributed by atoms with Crippen LogP contribution in [0.2, 0.25) is 0 Å². The highest BCUT2D eigenvalue weighted by Gasteiger charge is 2.33. The van der Waals surface area contributed by atoms with E-state index in [1.807, 2.05) is 25.1 Å². The summed E-state index contributed by atoms with van der Waals surface area (Å²) in [5.74, 6) is 2.71. The van der Waals surface area contributed by atoms with Crippen LogP contribution in [0.3, 0.4) is 0 Å². The number of ketones is 1. The SMILES string of the molecule is CCOc1ccc(C(C)=O)cc1CN(C)CC1CC1C. The van der Waals surface area contributed by atoms with Crippen molar-refractivity contribution in [3.05, 3.63) is 29.3 Å². The highest BCUT2D eigenvalue weighted by atomic mass is 16.5. The van der Waals surface area contributed by atoms with E-state index in [2.05, 4.69) is 18.9 Å². The fourth-order valence-electron chi connectivity index (χ4n) is 2.63. The largest absolute Gasteiger partial charge is 0.494 e. The molecule has 3 heteroatoms. The highest BCUT2D eigenvalue weighted by molar-refractivity contribution is 5.94. The molecule has 110 valence electrons. The lowest BCUT2D eigenvalue weighted by Gasteiger charge is -2.19. The molecule has 2 atom stereocenters. The summed E-state index contributed by atoms with van der Waals surface area (Å²) < 4.78 is 5.68. The first kappa shape index (κ1) is 15.0. The first-order valence-electron chi connectivity index (χ1n) is 7.46. The molecule has 2 unspecified atom stereocenters. The van der Waals surface area contributed by atoms with Crippen LogP contribution in [0.1, 0.15) is 43.1 Å². The highest BCUT2D eigenvalue weighted by Crippen LogP contribution is 2.38. The second-order valence-corrected chi connectivity index (χ2v) is 5.98. The summed E-state index contributed by atoms with van der Waals surface area (Å²) in [6, 6.07) is 5.74. The molecule has 20 heavy (non-hydrogen) atoms. The van der Waals surface area contributed by atoms with Gasteiger partial charge in [-0.1, -0.05) is 6.92 Å². The molecule has 0 radical (unpaired) electrons. The summed E-state index contributed by atoms with van der Waals surface area (Å²) in [6.07, 6.45) is 1.34. The Bertz CT molecular complexity index is 484. The molecule has 0 bridgehead atoms. The first-order valence-corrected chi connectivity index (χ1v) is 7.46. The van der Waals surface area contributed by atoms with Crippen molar-refractivity contribution < 1.29 is 9.53 Å². The summed E-state index contributed by atoms with van der Waals surface area (Å²) in [5.41, 5.74) is 1.87. The Morgan fingerprint density at radius 2 is 2.15 bits per heavy atom. The van der Waals surface area contributed by atoms with Crippen molar-refractivity contribution in [1.29, 1.82) is 0 Å². The van der Waals surface area contributed by atoms with Gasteiger partial charge in [0.1, 0.15) is 5.75 Å². The number of hydrogen-bond donors (Lipinski definition) is 0. The van der Waals surface area contributed by atoms with Gasteiger partial charge < -0.3 is 9.64 Å². The summed E-state index contributed by atoms with van der Waals surface area (Å²) >= 11 is 0. The number of Topliss-reactive ketones (excluding diaryl/α,β-unsaturated/α-hetero) is 1. The van der Waals surface area contributed by atoms with Gasteiger partial charge in [0.15, 0.2) is 5.78 Å². The van der Waals surface area contributed by atoms with Crippen LogP contribution in [0, 0.1) is 11.8 Å². The summed E-state index contributed by atoms with van der Waals surface area (Å²) in [5, 5.41) is 0. The molecule has 0 aliphatic heterocycles. The van der Waals surface area contributed by atoms with Gasteiger partial charge >= 0.3 is 0 Å². The van der Waals surface area contributed by atoms with E-state index in [-0.39, 0.29) is 5.78 Å². The average molecular weight is 275 g/mol. The number of benzene rings is 1. The molecule has 0 aromatic heterocycles. The minimum absolute atomic E-state index is 0.104. The van der Waals surface area contributed by atoms with Crippen LogP contribution in [-0.4, -0.2) is 30.9 Å². The summed E-state index contributed by atoms with van der Waals surface area (Å²) in [7, 11) is 2.14. The Kier molecular flexibility index (Phi) is 4.81. The molecule has 1 saturated carbocycles. The van der Waals surface area contributed by atoms with Crippen molar-refractivity contribution in [2.45, 2.75) is 33.7 Å². The van der Waals surface area contributed by atoms with Gasteiger partial charge in [0.05, 0.1) is 6.61 Å². The lowest BCUT2D eigenvalue weighted by Crippen LogP contribution is -2.21. The molecule has 0 amide bonds. The number of rotatable bonds is 7. The van der Waals surface area contributed by atoms with E-state index in [1.165, 1.54) is 6.42 Å². The van der Waals surface area contributed by atoms with E-state index in [9.17, 15) is 4.79 Å². The van der Waals surface area contributed by atoms with Gasteiger partial charge in [-0.2, -0.15) is 0 Å². The molecule has 1 fully saturated rings. The van der Waals surface area contributed by atoms with Crippen molar-refractivity contribution in [3.8, 4) is 5.75 Å². The van der Waals surface area contributed by atoms with E-state index < -0.39 is 0 Å². The molecule has 1 aliphatic rings. The number of ether oxygens (including phenoxy) is 1. The van der Waals surface area contributed by atoms with Gasteiger partial charge in [-0.15, -0.1) is 0 Å². The quantitative estimate of drug-likeness (QED) is 0.714. The minimum Gasteiger partial charge on any atom is -0.494 e. The number of hydrogen-bond acceptors (Lipinski definition) is 3. The Balaban J connectivity index is 2.09. The lowest BCUT2D eigenvalue weighted by molar-refractivity contribution is 0.101. The first-order chi connectivity index (χ1) is 9.51. The third-order valence-corrected chi connectivity index (χ3v) is 4.03. The van der Waals surface area contributed by atoms with Crippen molar-refractivity contribution in [3.63, 3.8) is 0 Å². The summed E-state index contributed by atoms with van der Waals surface area (Å²) in [4.78, 5) is 13.9. The van der Waals surface area contributed by atoms with Crippen molar-refractivity contribution in [2.24, 2.45) is 11.8 Å². The second kappa shape index (κ2) is 6.40. The maximum absolute atomic E-state index is 11.5. The topological polar surface area (TPSA) is 29.5 Å². The average Bonchev–Trinajstić information content (AvgIpc) is 3.06.